The van der Waals surface area contributed by atoms with Crippen LogP contribution in [0, 0.1) is 0 Å². The summed E-state index contributed by atoms with van der Waals surface area (Å²) in [4.78, 5) is 21.0. The number of nitrogens with two attached hydrogens (primary N) is 1. The van der Waals surface area contributed by atoms with E-state index in [1.165, 1.54) is 6.33 Å². The maximum atomic E-state index is 11.1. The molecule has 0 bridgehead atoms. The van der Waals surface area contributed by atoms with Crippen LogP contribution in [0.5, 0.6) is 0 Å². The van der Waals surface area contributed by atoms with Gasteiger partial charge in [0.05, 0.1) is 12.2 Å². The van der Waals surface area contributed by atoms with Crippen molar-refractivity contribution in [1.29, 1.82) is 0 Å². The number of hydrogen-bond donors (Lipinski definition) is 1. The van der Waals surface area contributed by atoms with E-state index in [0.29, 0.717) is 18.9 Å². The van der Waals surface area contributed by atoms with Crippen LogP contribution in [0.15, 0.2) is 6.33 Å². The van der Waals surface area contributed by atoms with E-state index in [2.05, 4.69) is 9.97 Å². The number of rotatable bonds is 0. The van der Waals surface area contributed by atoms with Crippen LogP contribution >= 0.6 is 0 Å². The molecular formula is C9H12N4O. The summed E-state index contributed by atoms with van der Waals surface area (Å²) in [7, 11) is 0. The second-order valence-corrected chi connectivity index (χ2v) is 3.37. The van der Waals surface area contributed by atoms with Crippen LogP contribution in [0.25, 0.3) is 0 Å². The maximum Gasteiger partial charge on any atom is 0.219 e. The molecule has 0 fully saturated rings. The van der Waals surface area contributed by atoms with E-state index in [1.807, 2.05) is 0 Å². The lowest BCUT2D eigenvalue weighted by atomic mass is 10.1. The molecular weight excluding hydrogens is 180 g/mol. The molecule has 0 radical (unpaired) electrons. The lowest BCUT2D eigenvalue weighted by Gasteiger charge is -2.27. The van der Waals surface area contributed by atoms with Gasteiger partial charge < -0.3 is 10.6 Å². The van der Waals surface area contributed by atoms with Crippen LogP contribution in [0.1, 0.15) is 18.2 Å². The Labute approximate surface area is 82.0 Å². The average molecular weight is 192 g/mol. The molecule has 0 atom stereocenters. The van der Waals surface area contributed by atoms with Crippen LogP contribution in [0.4, 0.5) is 5.82 Å². The molecule has 0 saturated carbocycles. The Balaban J connectivity index is 2.31. The fraction of sp³-hybridized carbons (Fsp3) is 0.444. The number of nitrogen functional groups attached to an aromatic ring is 1. The third-order valence-electron chi connectivity index (χ3n) is 2.49. The molecule has 1 aliphatic rings. The summed E-state index contributed by atoms with van der Waals surface area (Å²) in [6.45, 7) is 2.83. The molecule has 2 rings (SSSR count). The number of aromatic nitrogens is 2. The summed E-state index contributed by atoms with van der Waals surface area (Å²) in [5.74, 6) is 0.617. The van der Waals surface area contributed by atoms with E-state index in [9.17, 15) is 4.79 Å². The Bertz CT molecular complexity index is 377. The number of hydrogen-bond acceptors (Lipinski definition) is 4. The molecule has 1 aromatic rings. The molecule has 0 aliphatic carbocycles. The van der Waals surface area contributed by atoms with Crippen molar-refractivity contribution in [3.05, 3.63) is 17.6 Å². The van der Waals surface area contributed by atoms with Gasteiger partial charge >= 0.3 is 0 Å². The highest BCUT2D eigenvalue weighted by Crippen LogP contribution is 2.19. The van der Waals surface area contributed by atoms with Gasteiger partial charge in [-0.1, -0.05) is 0 Å². The zero-order chi connectivity index (χ0) is 10.1. The summed E-state index contributed by atoms with van der Waals surface area (Å²) in [5, 5.41) is 0. The molecule has 5 nitrogen and oxygen atoms in total. The van der Waals surface area contributed by atoms with Crippen molar-refractivity contribution in [2.45, 2.75) is 19.9 Å². The predicted octanol–water partition coefficient (Wildman–Crippen LogP) is -0.0366. The van der Waals surface area contributed by atoms with Crippen molar-refractivity contribution >= 4 is 11.7 Å². The van der Waals surface area contributed by atoms with Crippen LogP contribution in [0.3, 0.4) is 0 Å². The zero-order valence-electron chi connectivity index (χ0n) is 8.03. The molecule has 1 aliphatic heterocycles. The van der Waals surface area contributed by atoms with Crippen molar-refractivity contribution in [2.75, 3.05) is 12.3 Å². The molecule has 0 aromatic carbocycles. The van der Waals surface area contributed by atoms with E-state index in [4.69, 9.17) is 5.73 Å². The average Bonchev–Trinajstić information content (AvgIpc) is 2.17. The van der Waals surface area contributed by atoms with Gasteiger partial charge in [-0.2, -0.15) is 0 Å². The standard InChI is InChI=1S/C9H12N4O/c1-6(14)13-3-2-7-8(4-13)11-5-12-9(7)10/h5H,2-4H2,1H3,(H2,10,11,12). The molecule has 5 heteroatoms. The number of amides is 1. The van der Waals surface area contributed by atoms with E-state index in [0.717, 1.165) is 17.7 Å². The van der Waals surface area contributed by atoms with Crippen LogP contribution < -0.4 is 5.73 Å². The lowest BCUT2D eigenvalue weighted by molar-refractivity contribution is -0.129. The minimum atomic E-state index is 0.0767. The summed E-state index contributed by atoms with van der Waals surface area (Å²) in [6.07, 6.45) is 2.19. The van der Waals surface area contributed by atoms with Gasteiger partial charge in [0.15, 0.2) is 0 Å². The maximum absolute atomic E-state index is 11.1. The smallest absolute Gasteiger partial charge is 0.219 e. The Morgan fingerprint density at radius 2 is 2.36 bits per heavy atom. The van der Waals surface area contributed by atoms with Crippen LogP contribution in [0.2, 0.25) is 0 Å². The van der Waals surface area contributed by atoms with Gasteiger partial charge in [-0.3, -0.25) is 4.79 Å². The summed E-state index contributed by atoms with van der Waals surface area (Å²) < 4.78 is 0. The number of fused-ring (bicyclic) bond motifs is 1. The van der Waals surface area contributed by atoms with Crippen molar-refractivity contribution < 1.29 is 4.79 Å². The number of nitrogens with zero attached hydrogens (tertiary/aromatic N) is 3. The first-order valence-corrected chi connectivity index (χ1v) is 4.52. The number of carbonyl (C=O) groups excluding carboxylic acids is 1. The Morgan fingerprint density at radius 3 is 3.07 bits per heavy atom. The van der Waals surface area contributed by atoms with Crippen molar-refractivity contribution in [3.63, 3.8) is 0 Å². The van der Waals surface area contributed by atoms with E-state index in [1.54, 1.807) is 11.8 Å². The van der Waals surface area contributed by atoms with Crippen molar-refractivity contribution in [2.24, 2.45) is 0 Å². The minimum Gasteiger partial charge on any atom is -0.383 e. The molecule has 0 unspecified atom stereocenters. The Hall–Kier alpha value is -1.65. The first kappa shape index (κ1) is 8.93. The van der Waals surface area contributed by atoms with E-state index >= 15 is 0 Å². The van der Waals surface area contributed by atoms with Crippen LogP contribution in [-0.4, -0.2) is 27.3 Å². The van der Waals surface area contributed by atoms with Crippen molar-refractivity contribution in [3.8, 4) is 0 Å². The second kappa shape index (κ2) is 3.25. The minimum absolute atomic E-state index is 0.0767. The number of anilines is 1. The molecule has 1 aromatic heterocycles. The van der Waals surface area contributed by atoms with Gasteiger partial charge in [-0.25, -0.2) is 9.97 Å². The molecule has 0 saturated heterocycles. The SMILES string of the molecule is CC(=O)N1CCc2c(N)ncnc2C1. The fourth-order valence-corrected chi connectivity index (χ4v) is 1.65. The molecule has 1 amide bonds. The molecule has 74 valence electrons. The quantitative estimate of drug-likeness (QED) is 0.626. The van der Waals surface area contributed by atoms with Gasteiger partial charge in [0.2, 0.25) is 5.91 Å². The topological polar surface area (TPSA) is 72.1 Å². The highest BCUT2D eigenvalue weighted by atomic mass is 16.2. The number of carbonyl (C=O) groups is 1. The largest absolute Gasteiger partial charge is 0.383 e. The molecule has 2 N–H and O–H groups in total. The molecule has 2 heterocycles. The first-order valence-electron chi connectivity index (χ1n) is 4.52. The first-order chi connectivity index (χ1) is 6.68. The Kier molecular flexibility index (Phi) is 2.07. The van der Waals surface area contributed by atoms with E-state index in [-0.39, 0.29) is 5.91 Å². The lowest BCUT2D eigenvalue weighted by Crippen LogP contribution is -2.35. The monoisotopic (exact) mass is 192 g/mol. The molecule has 0 spiro atoms. The highest BCUT2D eigenvalue weighted by Gasteiger charge is 2.20. The van der Waals surface area contributed by atoms with Crippen LogP contribution in [-0.2, 0) is 17.8 Å². The van der Waals surface area contributed by atoms with Gasteiger partial charge in [0.1, 0.15) is 12.1 Å². The fourth-order valence-electron chi connectivity index (χ4n) is 1.65. The zero-order valence-corrected chi connectivity index (χ0v) is 8.03. The third kappa shape index (κ3) is 1.41. The normalized spacial score (nSPS) is 15.1. The second-order valence-electron chi connectivity index (χ2n) is 3.37. The molecule has 14 heavy (non-hydrogen) atoms. The van der Waals surface area contributed by atoms with Gasteiger partial charge in [-0.05, 0) is 6.42 Å². The van der Waals surface area contributed by atoms with Gasteiger partial charge in [-0.15, -0.1) is 0 Å². The van der Waals surface area contributed by atoms with E-state index < -0.39 is 0 Å². The summed E-state index contributed by atoms with van der Waals surface area (Å²) >= 11 is 0. The van der Waals surface area contributed by atoms with Crippen molar-refractivity contribution in [1.82, 2.24) is 14.9 Å². The summed E-state index contributed by atoms with van der Waals surface area (Å²) in [5.41, 5.74) is 7.57. The predicted molar refractivity (Wildman–Crippen MR) is 51.2 cm³/mol. The highest BCUT2D eigenvalue weighted by molar-refractivity contribution is 5.73. The third-order valence-corrected chi connectivity index (χ3v) is 2.49. The summed E-state index contributed by atoms with van der Waals surface area (Å²) in [6, 6.07) is 0. The Morgan fingerprint density at radius 1 is 1.57 bits per heavy atom. The van der Waals surface area contributed by atoms with Gasteiger partial charge in [0.25, 0.3) is 0 Å². The van der Waals surface area contributed by atoms with Gasteiger partial charge in [0, 0.05) is 19.0 Å².